The molecule has 0 saturated heterocycles. The van der Waals surface area contributed by atoms with Crippen molar-refractivity contribution in [3.8, 4) is 0 Å². The Kier molecular flexibility index (Phi) is 5.34. The topological polar surface area (TPSA) is 75.9 Å². The molecule has 0 amide bonds. The molecule has 7 heteroatoms. The molecule has 0 aliphatic carbocycles. The molecule has 0 aliphatic heterocycles. The molecule has 0 aromatic carbocycles. The minimum absolute atomic E-state index is 0.489. The molecule has 0 saturated carbocycles. The van der Waals surface area contributed by atoms with E-state index in [4.69, 9.17) is 4.42 Å². The minimum Gasteiger partial charge on any atom is -0.444 e. The quantitative estimate of drug-likeness (QED) is 0.806. The van der Waals surface area contributed by atoms with Gasteiger partial charge >= 0.3 is 0 Å². The monoisotopic (exact) mass is 339 g/mol. The lowest BCUT2D eigenvalue weighted by Gasteiger charge is -2.10. The maximum atomic E-state index is 5.54. The van der Waals surface area contributed by atoms with E-state index < -0.39 is 0 Å². The van der Waals surface area contributed by atoms with E-state index >= 15 is 0 Å². The average Bonchev–Trinajstić information content (AvgIpc) is 2.93. The second-order valence-electron chi connectivity index (χ2n) is 4.24. The maximum Gasteiger partial charge on any atom is 0.213 e. The van der Waals surface area contributed by atoms with Crippen molar-refractivity contribution in [3.05, 3.63) is 28.6 Å². The Balaban J connectivity index is 2.01. The summed E-state index contributed by atoms with van der Waals surface area (Å²) in [6.45, 7) is 5.50. The molecule has 0 spiro atoms. The summed E-state index contributed by atoms with van der Waals surface area (Å²) < 4.78 is 6.36. The van der Waals surface area contributed by atoms with Crippen molar-refractivity contribution in [2.24, 2.45) is 0 Å². The van der Waals surface area contributed by atoms with Crippen molar-refractivity contribution in [3.63, 3.8) is 0 Å². The van der Waals surface area contributed by atoms with E-state index in [0.717, 1.165) is 41.3 Å². The van der Waals surface area contributed by atoms with E-state index in [1.807, 2.05) is 6.92 Å². The van der Waals surface area contributed by atoms with Crippen LogP contribution in [0.4, 0.5) is 11.6 Å². The molecule has 2 rings (SSSR count). The fourth-order valence-corrected chi connectivity index (χ4v) is 2.10. The van der Waals surface area contributed by atoms with Crippen molar-refractivity contribution < 1.29 is 4.42 Å². The molecule has 108 valence electrons. The van der Waals surface area contributed by atoms with Crippen LogP contribution in [0.5, 0.6) is 0 Å². The minimum atomic E-state index is 0.489. The van der Waals surface area contributed by atoms with Crippen LogP contribution in [0.2, 0.25) is 0 Å². The molecule has 0 radical (unpaired) electrons. The molecule has 0 aliphatic rings. The van der Waals surface area contributed by atoms with Crippen LogP contribution >= 0.6 is 15.9 Å². The summed E-state index contributed by atoms with van der Waals surface area (Å²) in [5.41, 5.74) is 0. The molecule has 6 nitrogen and oxygen atoms in total. The molecule has 0 unspecified atom stereocenters. The van der Waals surface area contributed by atoms with Crippen LogP contribution in [0.1, 0.15) is 31.9 Å². The van der Waals surface area contributed by atoms with Crippen molar-refractivity contribution in [2.45, 2.75) is 33.2 Å². The van der Waals surface area contributed by atoms with Crippen molar-refractivity contribution in [2.75, 3.05) is 17.2 Å². The van der Waals surface area contributed by atoms with E-state index in [1.54, 1.807) is 6.20 Å². The Morgan fingerprint density at radius 3 is 2.55 bits per heavy atom. The molecular formula is C13H18BrN5O. The normalized spacial score (nSPS) is 10.6. The zero-order valence-corrected chi connectivity index (χ0v) is 13.2. The fraction of sp³-hybridized carbons (Fsp3) is 0.462. The summed E-state index contributed by atoms with van der Waals surface area (Å²) in [5, 5.41) is 6.43. The highest BCUT2D eigenvalue weighted by molar-refractivity contribution is 9.10. The van der Waals surface area contributed by atoms with Gasteiger partial charge in [0.15, 0.2) is 0 Å². The van der Waals surface area contributed by atoms with E-state index in [9.17, 15) is 0 Å². The molecule has 20 heavy (non-hydrogen) atoms. The predicted octanol–water partition coefficient (Wildman–Crippen LogP) is 3.22. The van der Waals surface area contributed by atoms with E-state index in [0.29, 0.717) is 12.4 Å². The van der Waals surface area contributed by atoms with Crippen LogP contribution in [0.15, 0.2) is 21.4 Å². The Bertz CT molecular complexity index is 557. The Morgan fingerprint density at radius 1 is 1.15 bits per heavy atom. The van der Waals surface area contributed by atoms with E-state index in [2.05, 4.69) is 48.4 Å². The Hall–Kier alpha value is -1.63. The van der Waals surface area contributed by atoms with Crippen molar-refractivity contribution >= 4 is 27.6 Å². The van der Waals surface area contributed by atoms with Gasteiger partial charge in [-0.15, -0.1) is 0 Å². The number of nitrogens with zero attached hydrogens (tertiary/aromatic N) is 3. The van der Waals surface area contributed by atoms with Gasteiger partial charge in [0.1, 0.15) is 28.2 Å². The molecule has 2 aromatic rings. The third-order valence-corrected chi connectivity index (χ3v) is 3.44. The van der Waals surface area contributed by atoms with Crippen LogP contribution in [0.25, 0.3) is 0 Å². The van der Waals surface area contributed by atoms with Crippen LogP contribution in [0, 0.1) is 0 Å². The average molecular weight is 340 g/mol. The molecule has 0 fully saturated rings. The summed E-state index contributed by atoms with van der Waals surface area (Å²) in [4.78, 5) is 12.6. The lowest BCUT2D eigenvalue weighted by atomic mass is 10.4. The van der Waals surface area contributed by atoms with Crippen LogP contribution in [-0.4, -0.2) is 21.5 Å². The van der Waals surface area contributed by atoms with Gasteiger partial charge in [0.25, 0.3) is 0 Å². The van der Waals surface area contributed by atoms with Crippen LogP contribution < -0.4 is 10.6 Å². The van der Waals surface area contributed by atoms with Gasteiger partial charge in [-0.25, -0.2) is 15.0 Å². The van der Waals surface area contributed by atoms with E-state index in [1.165, 1.54) is 6.33 Å². The summed E-state index contributed by atoms with van der Waals surface area (Å²) in [7, 11) is 0. The second-order valence-corrected chi connectivity index (χ2v) is 5.03. The highest BCUT2D eigenvalue weighted by atomic mass is 79.9. The largest absolute Gasteiger partial charge is 0.444 e. The number of oxazole rings is 1. The molecule has 2 heterocycles. The number of aryl methyl sites for hydroxylation is 1. The molecule has 2 N–H and O–H groups in total. The molecule has 0 atom stereocenters. The zero-order chi connectivity index (χ0) is 14.4. The third kappa shape index (κ3) is 3.69. The number of rotatable bonds is 7. The highest BCUT2D eigenvalue weighted by Crippen LogP contribution is 2.26. The maximum absolute atomic E-state index is 5.54. The molecular weight excluding hydrogens is 322 g/mol. The second kappa shape index (κ2) is 7.23. The first-order valence-corrected chi connectivity index (χ1v) is 7.45. The van der Waals surface area contributed by atoms with Gasteiger partial charge in [-0.1, -0.05) is 13.8 Å². The van der Waals surface area contributed by atoms with Gasteiger partial charge in [0, 0.05) is 13.0 Å². The number of hydrogen-bond donors (Lipinski definition) is 2. The van der Waals surface area contributed by atoms with Crippen LogP contribution in [0.3, 0.4) is 0 Å². The first kappa shape index (κ1) is 14.8. The number of anilines is 2. The summed E-state index contributed by atoms with van der Waals surface area (Å²) >= 11 is 3.50. The highest BCUT2D eigenvalue weighted by Gasteiger charge is 2.09. The first-order chi connectivity index (χ1) is 9.74. The molecule has 2 aromatic heterocycles. The first-order valence-electron chi connectivity index (χ1n) is 6.66. The smallest absolute Gasteiger partial charge is 0.213 e. The Morgan fingerprint density at radius 2 is 1.90 bits per heavy atom. The van der Waals surface area contributed by atoms with Crippen molar-refractivity contribution in [1.29, 1.82) is 0 Å². The summed E-state index contributed by atoms with van der Waals surface area (Å²) in [6, 6.07) is 0. The fourth-order valence-electron chi connectivity index (χ4n) is 1.61. The Labute approximate surface area is 126 Å². The summed E-state index contributed by atoms with van der Waals surface area (Å²) in [6.07, 6.45) is 5.16. The SMILES string of the molecule is CCCNc1ncnc(NCc2ncc(CC)o2)c1Br. The zero-order valence-electron chi connectivity index (χ0n) is 11.6. The van der Waals surface area contributed by atoms with Gasteiger partial charge < -0.3 is 15.1 Å². The van der Waals surface area contributed by atoms with Gasteiger partial charge in [-0.3, -0.25) is 0 Å². The van der Waals surface area contributed by atoms with E-state index in [-0.39, 0.29) is 0 Å². The lowest BCUT2D eigenvalue weighted by Crippen LogP contribution is -2.07. The number of nitrogens with one attached hydrogen (secondary N) is 2. The predicted molar refractivity (Wildman–Crippen MR) is 81.7 cm³/mol. The molecule has 0 bridgehead atoms. The number of hydrogen-bond acceptors (Lipinski definition) is 6. The number of aromatic nitrogens is 3. The lowest BCUT2D eigenvalue weighted by molar-refractivity contribution is 0.465. The van der Waals surface area contributed by atoms with Crippen LogP contribution in [-0.2, 0) is 13.0 Å². The van der Waals surface area contributed by atoms with Gasteiger partial charge in [0.05, 0.1) is 12.7 Å². The van der Waals surface area contributed by atoms with Crippen molar-refractivity contribution in [1.82, 2.24) is 15.0 Å². The standard InChI is InChI=1S/C13H18BrN5O/c1-3-5-15-12-11(14)13(19-8-18-12)17-7-10-16-6-9(4-2)20-10/h6,8H,3-5,7H2,1-2H3,(H2,15,17,18,19). The third-order valence-electron chi connectivity index (χ3n) is 2.69. The van der Waals surface area contributed by atoms with Gasteiger partial charge in [-0.2, -0.15) is 0 Å². The van der Waals surface area contributed by atoms with Gasteiger partial charge in [-0.05, 0) is 22.4 Å². The van der Waals surface area contributed by atoms with Gasteiger partial charge in [0.2, 0.25) is 5.89 Å². The summed E-state index contributed by atoms with van der Waals surface area (Å²) in [5.74, 6) is 3.03. The number of halogens is 1.